The van der Waals surface area contributed by atoms with Crippen molar-refractivity contribution in [3.8, 4) is 5.69 Å². The molecule has 0 spiro atoms. The van der Waals surface area contributed by atoms with Crippen molar-refractivity contribution in [3.05, 3.63) is 83.3 Å². The molecule has 2 aromatic carbocycles. The van der Waals surface area contributed by atoms with E-state index < -0.39 is 71.8 Å². The van der Waals surface area contributed by atoms with Crippen molar-refractivity contribution in [1.82, 2.24) is 46.2 Å². The summed E-state index contributed by atoms with van der Waals surface area (Å²) < 4.78 is 1.56. The zero-order valence-electron chi connectivity index (χ0n) is 32.7. The molecule has 2 aromatic heterocycles. The molecule has 58 heavy (non-hydrogen) atoms. The van der Waals surface area contributed by atoms with E-state index in [1.807, 2.05) is 38.1 Å². The normalized spacial score (nSPS) is 24.2. The highest BCUT2D eigenvalue weighted by molar-refractivity contribution is 6.34. The molecule has 7 N–H and O–H groups in total. The molecular formula is C41H50ClN9O7. The van der Waals surface area contributed by atoms with Gasteiger partial charge in [-0.3, -0.25) is 28.8 Å². The van der Waals surface area contributed by atoms with Crippen molar-refractivity contribution in [3.63, 3.8) is 0 Å². The molecule has 6 rings (SSSR count). The fourth-order valence-electron chi connectivity index (χ4n) is 7.44. The van der Waals surface area contributed by atoms with Crippen LogP contribution >= 0.6 is 11.6 Å². The van der Waals surface area contributed by atoms with E-state index >= 15 is 0 Å². The number of rotatable bonds is 7. The molecule has 4 aromatic rings. The Morgan fingerprint density at radius 3 is 2.50 bits per heavy atom. The minimum absolute atomic E-state index is 0.0233. The Kier molecular flexibility index (Phi) is 13.5. The summed E-state index contributed by atoms with van der Waals surface area (Å²) in [5.74, 6) is -3.59. The van der Waals surface area contributed by atoms with Gasteiger partial charge in [0, 0.05) is 55.4 Å². The number of carbonyl (C=O) groups excluding carboxylic acids is 6. The van der Waals surface area contributed by atoms with Gasteiger partial charge in [-0.2, -0.15) is 5.10 Å². The topological polar surface area (TPSA) is 220 Å². The molecule has 2 fully saturated rings. The summed E-state index contributed by atoms with van der Waals surface area (Å²) in [5, 5.41) is 29.8. The van der Waals surface area contributed by atoms with Crippen LogP contribution in [0.1, 0.15) is 68.8 Å². The van der Waals surface area contributed by atoms with E-state index in [-0.39, 0.29) is 55.3 Å². The van der Waals surface area contributed by atoms with Gasteiger partial charge in [0.1, 0.15) is 30.2 Å². The lowest BCUT2D eigenvalue weighted by Crippen LogP contribution is -2.59. The van der Waals surface area contributed by atoms with E-state index in [0.717, 1.165) is 16.5 Å². The average Bonchev–Trinajstić information content (AvgIpc) is 3.97. The number of hydrogen-bond acceptors (Lipinski definition) is 8. The number of benzene rings is 2. The molecule has 17 heteroatoms. The van der Waals surface area contributed by atoms with Crippen LogP contribution in [-0.4, -0.2) is 110 Å². The smallest absolute Gasteiger partial charge is 0.253 e. The number of aromatic nitrogens is 3. The van der Waals surface area contributed by atoms with Gasteiger partial charge in [-0.15, -0.1) is 0 Å². The monoisotopic (exact) mass is 815 g/mol. The third kappa shape index (κ3) is 10.0. The molecule has 2 aliphatic heterocycles. The highest BCUT2D eigenvalue weighted by Crippen LogP contribution is 2.24. The maximum absolute atomic E-state index is 14.2. The summed E-state index contributed by atoms with van der Waals surface area (Å²) in [6, 6.07) is 8.53. The Morgan fingerprint density at radius 1 is 0.966 bits per heavy atom. The number of nitrogens with zero attached hydrogens (tertiary/aromatic N) is 3. The number of amides is 6. The van der Waals surface area contributed by atoms with Crippen LogP contribution in [0.4, 0.5) is 0 Å². The second-order valence-electron chi connectivity index (χ2n) is 15.4. The van der Waals surface area contributed by atoms with Gasteiger partial charge in [-0.1, -0.05) is 43.6 Å². The zero-order valence-corrected chi connectivity index (χ0v) is 33.4. The largest absolute Gasteiger partial charge is 0.391 e. The Bertz CT molecular complexity index is 2140. The Balaban J connectivity index is 1.28. The number of aromatic amines is 1. The van der Waals surface area contributed by atoms with Crippen molar-refractivity contribution < 1.29 is 33.9 Å². The number of fused-ring (bicyclic) bond motifs is 2. The molecule has 16 nitrogen and oxygen atoms in total. The van der Waals surface area contributed by atoms with Crippen LogP contribution in [0.15, 0.2) is 67.1 Å². The molecule has 0 bridgehead atoms. The van der Waals surface area contributed by atoms with Crippen molar-refractivity contribution in [1.29, 1.82) is 0 Å². The second kappa shape index (κ2) is 18.7. The third-order valence-electron chi connectivity index (χ3n) is 10.5. The maximum atomic E-state index is 14.2. The first kappa shape index (κ1) is 41.9. The molecule has 4 heterocycles. The lowest BCUT2D eigenvalue weighted by Gasteiger charge is -2.30. The Labute approximate surface area is 340 Å². The first-order chi connectivity index (χ1) is 27.8. The van der Waals surface area contributed by atoms with Crippen LogP contribution in [-0.2, 0) is 30.4 Å². The van der Waals surface area contributed by atoms with Gasteiger partial charge < -0.3 is 41.6 Å². The third-order valence-corrected chi connectivity index (χ3v) is 10.8. The number of halogens is 1. The summed E-state index contributed by atoms with van der Waals surface area (Å²) in [7, 11) is 0. The fourth-order valence-corrected chi connectivity index (χ4v) is 7.64. The van der Waals surface area contributed by atoms with Crippen LogP contribution in [0, 0.1) is 5.92 Å². The van der Waals surface area contributed by atoms with Crippen LogP contribution in [0.5, 0.6) is 0 Å². The van der Waals surface area contributed by atoms with Crippen LogP contribution < -0.4 is 26.6 Å². The summed E-state index contributed by atoms with van der Waals surface area (Å²) in [4.78, 5) is 87.8. The van der Waals surface area contributed by atoms with Gasteiger partial charge in [0.25, 0.3) is 5.91 Å². The van der Waals surface area contributed by atoms with Gasteiger partial charge >= 0.3 is 0 Å². The summed E-state index contributed by atoms with van der Waals surface area (Å²) in [6.07, 6.45) is 5.31. The SMILES string of the molecule is CC(C)C[C@H]1NC(=O)[C@H](Cc2c[nH]c3ccccc23)NC(=O)[C@@H](C)NC(=O)[C@@H](NC(=O)c2cc(-n3cccn3)ccc2Cl)CCCCNC(=O)[C@@H]2C[C@@H](O)CN2C1=O. The van der Waals surface area contributed by atoms with E-state index in [4.69, 9.17) is 11.6 Å². The van der Waals surface area contributed by atoms with Crippen molar-refractivity contribution in [2.45, 2.75) is 95.6 Å². The van der Waals surface area contributed by atoms with Gasteiger partial charge in [0.05, 0.1) is 22.4 Å². The van der Waals surface area contributed by atoms with Crippen molar-refractivity contribution >= 4 is 57.9 Å². The predicted molar refractivity (Wildman–Crippen MR) is 216 cm³/mol. The number of hydrogen-bond donors (Lipinski definition) is 7. The fraction of sp³-hybridized carbons (Fsp3) is 0.439. The molecule has 2 aliphatic rings. The number of nitrogens with one attached hydrogen (secondary N) is 6. The van der Waals surface area contributed by atoms with Crippen molar-refractivity contribution in [2.24, 2.45) is 5.92 Å². The molecule has 0 unspecified atom stereocenters. The molecule has 2 saturated heterocycles. The molecule has 6 amide bonds. The number of para-hydroxylation sites is 1. The van der Waals surface area contributed by atoms with Crippen LogP contribution in [0.25, 0.3) is 16.6 Å². The summed E-state index contributed by atoms with van der Waals surface area (Å²) in [5.41, 5.74) is 2.24. The number of carbonyl (C=O) groups is 6. The maximum Gasteiger partial charge on any atom is 0.253 e. The molecule has 0 radical (unpaired) electrons. The van der Waals surface area contributed by atoms with E-state index in [2.05, 4.69) is 36.7 Å². The predicted octanol–water partition coefficient (Wildman–Crippen LogP) is 2.13. The van der Waals surface area contributed by atoms with Gasteiger partial charge in [-0.25, -0.2) is 4.68 Å². The van der Waals surface area contributed by atoms with Gasteiger partial charge in [-0.05, 0) is 74.4 Å². The average molecular weight is 816 g/mol. The lowest BCUT2D eigenvalue weighted by atomic mass is 10.00. The highest BCUT2D eigenvalue weighted by Gasteiger charge is 2.42. The molecule has 0 saturated carbocycles. The lowest BCUT2D eigenvalue weighted by molar-refractivity contribution is -0.142. The second-order valence-corrected chi connectivity index (χ2v) is 15.8. The van der Waals surface area contributed by atoms with E-state index in [1.165, 1.54) is 11.8 Å². The van der Waals surface area contributed by atoms with Gasteiger partial charge in [0.15, 0.2) is 0 Å². The van der Waals surface area contributed by atoms with Gasteiger partial charge in [0.2, 0.25) is 29.5 Å². The molecule has 0 aliphatic carbocycles. The zero-order chi connectivity index (χ0) is 41.5. The summed E-state index contributed by atoms with van der Waals surface area (Å²) in [6.45, 7) is 5.37. The molecular weight excluding hydrogens is 766 g/mol. The Hall–Kier alpha value is -5.74. The first-order valence-electron chi connectivity index (χ1n) is 19.6. The molecule has 6 atom stereocenters. The minimum atomic E-state index is -1.20. The van der Waals surface area contributed by atoms with E-state index in [1.54, 1.807) is 47.5 Å². The number of aliphatic hydroxyl groups excluding tert-OH is 1. The Morgan fingerprint density at radius 2 is 1.74 bits per heavy atom. The summed E-state index contributed by atoms with van der Waals surface area (Å²) >= 11 is 6.45. The van der Waals surface area contributed by atoms with Crippen LogP contribution in [0.2, 0.25) is 5.02 Å². The molecule has 308 valence electrons. The first-order valence-corrected chi connectivity index (χ1v) is 20.0. The number of aliphatic hydroxyl groups is 1. The van der Waals surface area contributed by atoms with Crippen molar-refractivity contribution in [2.75, 3.05) is 13.1 Å². The van der Waals surface area contributed by atoms with E-state index in [0.29, 0.717) is 18.5 Å². The minimum Gasteiger partial charge on any atom is -0.391 e. The van der Waals surface area contributed by atoms with Crippen LogP contribution in [0.3, 0.4) is 0 Å². The van der Waals surface area contributed by atoms with E-state index in [9.17, 15) is 33.9 Å². The highest BCUT2D eigenvalue weighted by atomic mass is 35.5. The quantitative estimate of drug-likeness (QED) is 0.146. The standard InChI is InChI=1S/C41H50ClN9O7/c1-23(2)17-34-41(58)50-22-27(52)20-35(50)40(57)43-14-7-6-11-32(47-37(54)29-19-26(12-13-30(29)42)51-16-8-15-45-51)38(55)46-24(3)36(53)48-33(39(56)49-34)18-25-21-44-31-10-5-4-9-28(25)31/h4-5,8-10,12-13,15-16,19,21,23-24,27,32-35,44,52H,6-7,11,14,17-18,20,22H2,1-3H3,(H,43,57)(H,46,55)(H,47,54)(H,48,53)(H,49,56)/t24-,27-,32+,33+,34-,35+/m1/s1. The number of H-pyrrole nitrogens is 1.